The molecule has 0 saturated carbocycles. The highest BCUT2D eigenvalue weighted by Gasteiger charge is 2.21. The number of hydrogen-bond donors (Lipinski definition) is 1. The molecular weight excluding hydrogens is 311 g/mol. The van der Waals surface area contributed by atoms with Crippen LogP contribution in [-0.2, 0) is 11.3 Å². The quantitative estimate of drug-likeness (QED) is 0.872. The maximum atomic E-state index is 13.5. The molecule has 0 spiro atoms. The number of aromatic nitrogens is 2. The van der Waals surface area contributed by atoms with Crippen LogP contribution in [-0.4, -0.2) is 54.6 Å². The first-order chi connectivity index (χ1) is 11.7. The molecule has 7 heteroatoms. The summed E-state index contributed by atoms with van der Waals surface area (Å²) in [6, 6.07) is 8.30. The Morgan fingerprint density at radius 2 is 2.33 bits per heavy atom. The topological polar surface area (TPSA) is 59.5 Å². The van der Waals surface area contributed by atoms with Gasteiger partial charge in [0.25, 0.3) is 0 Å². The van der Waals surface area contributed by atoms with Crippen LogP contribution in [0, 0.1) is 5.82 Å². The molecule has 0 radical (unpaired) electrons. The van der Waals surface area contributed by atoms with Crippen molar-refractivity contribution in [2.75, 3.05) is 38.7 Å². The van der Waals surface area contributed by atoms with Crippen LogP contribution in [0.3, 0.4) is 0 Å². The molecule has 2 aromatic rings. The summed E-state index contributed by atoms with van der Waals surface area (Å²) >= 11 is 0. The third kappa shape index (κ3) is 4.39. The predicted octanol–water partition coefficient (Wildman–Crippen LogP) is 1.94. The summed E-state index contributed by atoms with van der Waals surface area (Å²) < 4.78 is 24.6. The molecule has 0 bridgehead atoms. The van der Waals surface area contributed by atoms with E-state index < -0.39 is 0 Å². The van der Waals surface area contributed by atoms with E-state index in [1.165, 1.54) is 12.1 Å². The van der Waals surface area contributed by atoms with E-state index >= 15 is 0 Å². The van der Waals surface area contributed by atoms with E-state index in [2.05, 4.69) is 20.4 Å². The van der Waals surface area contributed by atoms with Gasteiger partial charge in [0.15, 0.2) is 0 Å². The van der Waals surface area contributed by atoms with Crippen LogP contribution in [0.2, 0.25) is 0 Å². The highest BCUT2D eigenvalue weighted by atomic mass is 19.1. The van der Waals surface area contributed by atoms with Crippen LogP contribution in [0.15, 0.2) is 36.5 Å². The molecule has 1 aliphatic heterocycles. The fraction of sp³-hybridized carbons (Fsp3) is 0.412. The molecular formula is C17H21FN4O2. The highest BCUT2D eigenvalue weighted by Crippen LogP contribution is 2.22. The molecule has 2 heterocycles. The standard InChI is InChI=1S/C17H21FN4O2/c1-23-16-5-4-14(18)9-13(16)11-22-7-8-24-15(12-22)10-19-17-3-2-6-20-21-17/h2-6,9,15H,7-8,10-12H2,1H3,(H,19,21)/t15-/m1/s1. The van der Waals surface area contributed by atoms with Crippen molar-refractivity contribution in [3.05, 3.63) is 47.9 Å². The van der Waals surface area contributed by atoms with Crippen LogP contribution in [0.1, 0.15) is 5.56 Å². The maximum Gasteiger partial charge on any atom is 0.148 e. The van der Waals surface area contributed by atoms with E-state index in [1.54, 1.807) is 19.4 Å². The van der Waals surface area contributed by atoms with Gasteiger partial charge in [-0.1, -0.05) is 0 Å². The number of ether oxygens (including phenoxy) is 2. The number of halogens is 1. The second kappa shape index (κ2) is 8.03. The largest absolute Gasteiger partial charge is 0.496 e. The van der Waals surface area contributed by atoms with Gasteiger partial charge in [0.2, 0.25) is 0 Å². The molecule has 24 heavy (non-hydrogen) atoms. The second-order valence-corrected chi connectivity index (χ2v) is 5.67. The van der Waals surface area contributed by atoms with E-state index in [0.717, 1.165) is 24.5 Å². The normalized spacial score (nSPS) is 18.3. The molecule has 128 valence electrons. The Hall–Kier alpha value is -2.25. The Balaban J connectivity index is 1.56. The smallest absolute Gasteiger partial charge is 0.148 e. The number of nitrogens with zero attached hydrogens (tertiary/aromatic N) is 3. The number of morpholine rings is 1. The van der Waals surface area contributed by atoms with Crippen molar-refractivity contribution < 1.29 is 13.9 Å². The van der Waals surface area contributed by atoms with Crippen LogP contribution in [0.4, 0.5) is 10.2 Å². The minimum absolute atomic E-state index is 0.0420. The molecule has 3 rings (SSSR count). The first kappa shape index (κ1) is 16.6. The first-order valence-electron chi connectivity index (χ1n) is 7.92. The number of benzene rings is 1. The van der Waals surface area contributed by atoms with E-state index in [9.17, 15) is 4.39 Å². The van der Waals surface area contributed by atoms with Crippen molar-refractivity contribution in [2.24, 2.45) is 0 Å². The SMILES string of the molecule is COc1ccc(F)cc1CN1CCO[C@H](CNc2cccnn2)C1. The fourth-order valence-electron chi connectivity index (χ4n) is 2.77. The van der Waals surface area contributed by atoms with Gasteiger partial charge in [-0.3, -0.25) is 4.90 Å². The summed E-state index contributed by atoms with van der Waals surface area (Å²) in [6.07, 6.45) is 1.68. The van der Waals surface area contributed by atoms with Gasteiger partial charge < -0.3 is 14.8 Å². The minimum atomic E-state index is -0.250. The van der Waals surface area contributed by atoms with E-state index in [-0.39, 0.29) is 11.9 Å². The van der Waals surface area contributed by atoms with Gasteiger partial charge in [0.05, 0.1) is 19.8 Å². The molecule has 1 saturated heterocycles. The van der Waals surface area contributed by atoms with Crippen LogP contribution < -0.4 is 10.1 Å². The zero-order valence-corrected chi connectivity index (χ0v) is 13.6. The molecule has 1 N–H and O–H groups in total. The van der Waals surface area contributed by atoms with Crippen LogP contribution in [0.5, 0.6) is 5.75 Å². The molecule has 1 atom stereocenters. The first-order valence-corrected chi connectivity index (χ1v) is 7.92. The van der Waals surface area contributed by atoms with Gasteiger partial charge in [-0.2, -0.15) is 5.10 Å². The van der Waals surface area contributed by atoms with Crippen molar-refractivity contribution in [3.63, 3.8) is 0 Å². The maximum absolute atomic E-state index is 13.5. The molecule has 1 aliphatic rings. The van der Waals surface area contributed by atoms with Crippen LogP contribution in [0.25, 0.3) is 0 Å². The summed E-state index contributed by atoms with van der Waals surface area (Å²) in [5, 5.41) is 11.0. The van der Waals surface area contributed by atoms with Crippen molar-refractivity contribution in [3.8, 4) is 5.75 Å². The van der Waals surface area contributed by atoms with Gasteiger partial charge in [-0.15, -0.1) is 5.10 Å². The lowest BCUT2D eigenvalue weighted by Gasteiger charge is -2.33. The molecule has 1 fully saturated rings. The Morgan fingerprint density at radius 3 is 3.12 bits per heavy atom. The zero-order valence-electron chi connectivity index (χ0n) is 13.6. The number of hydrogen-bond acceptors (Lipinski definition) is 6. The lowest BCUT2D eigenvalue weighted by molar-refractivity contribution is -0.0242. The van der Waals surface area contributed by atoms with E-state index in [1.807, 2.05) is 12.1 Å². The van der Waals surface area contributed by atoms with E-state index in [0.29, 0.717) is 25.4 Å². The van der Waals surface area contributed by atoms with E-state index in [4.69, 9.17) is 9.47 Å². The number of nitrogens with one attached hydrogen (secondary N) is 1. The van der Waals surface area contributed by atoms with Crippen molar-refractivity contribution in [2.45, 2.75) is 12.6 Å². The number of rotatable bonds is 6. The molecule has 0 amide bonds. The van der Waals surface area contributed by atoms with Gasteiger partial charge in [-0.05, 0) is 30.3 Å². The Labute approximate surface area is 140 Å². The molecule has 1 aromatic carbocycles. The van der Waals surface area contributed by atoms with Crippen molar-refractivity contribution in [1.82, 2.24) is 15.1 Å². The summed E-state index contributed by atoms with van der Waals surface area (Å²) in [5.41, 5.74) is 0.847. The minimum Gasteiger partial charge on any atom is -0.496 e. The summed E-state index contributed by atoms with van der Waals surface area (Å²) in [6.45, 7) is 3.49. The van der Waals surface area contributed by atoms with Crippen molar-refractivity contribution in [1.29, 1.82) is 0 Å². The number of methoxy groups -OCH3 is 1. The molecule has 0 aliphatic carbocycles. The Morgan fingerprint density at radius 1 is 1.42 bits per heavy atom. The number of anilines is 1. The third-order valence-corrected chi connectivity index (χ3v) is 3.94. The third-order valence-electron chi connectivity index (χ3n) is 3.94. The van der Waals surface area contributed by atoms with Gasteiger partial charge in [0.1, 0.15) is 17.4 Å². The molecule has 6 nitrogen and oxygen atoms in total. The highest BCUT2D eigenvalue weighted by molar-refractivity contribution is 5.34. The predicted molar refractivity (Wildman–Crippen MR) is 88.5 cm³/mol. The summed E-state index contributed by atoms with van der Waals surface area (Å²) in [5.74, 6) is 1.18. The fourth-order valence-corrected chi connectivity index (χ4v) is 2.77. The van der Waals surface area contributed by atoms with Gasteiger partial charge >= 0.3 is 0 Å². The molecule has 0 unspecified atom stereocenters. The monoisotopic (exact) mass is 332 g/mol. The lowest BCUT2D eigenvalue weighted by atomic mass is 10.1. The Kier molecular flexibility index (Phi) is 5.55. The van der Waals surface area contributed by atoms with Gasteiger partial charge in [-0.25, -0.2) is 4.39 Å². The second-order valence-electron chi connectivity index (χ2n) is 5.67. The average molecular weight is 332 g/mol. The summed E-state index contributed by atoms with van der Waals surface area (Å²) in [4.78, 5) is 2.24. The van der Waals surface area contributed by atoms with Crippen LogP contribution >= 0.6 is 0 Å². The van der Waals surface area contributed by atoms with Gasteiger partial charge in [0, 0.05) is 37.9 Å². The van der Waals surface area contributed by atoms with Crippen molar-refractivity contribution >= 4 is 5.82 Å². The lowest BCUT2D eigenvalue weighted by Crippen LogP contribution is -2.44. The zero-order chi connectivity index (χ0) is 16.8. The molecule has 1 aromatic heterocycles. The average Bonchev–Trinajstić information content (AvgIpc) is 2.61. The Bertz CT molecular complexity index is 656. The summed E-state index contributed by atoms with van der Waals surface area (Å²) in [7, 11) is 1.60.